The highest BCUT2D eigenvalue weighted by Crippen LogP contribution is 2.15. The summed E-state index contributed by atoms with van der Waals surface area (Å²) in [6, 6.07) is 7.82. The van der Waals surface area contributed by atoms with Crippen LogP contribution < -0.4 is 4.74 Å². The highest BCUT2D eigenvalue weighted by atomic mass is 16.6. The number of carbonyl (C=O) groups is 1. The molecular formula is C21H32N2O2. The van der Waals surface area contributed by atoms with E-state index in [1.165, 1.54) is 12.8 Å². The lowest BCUT2D eigenvalue weighted by atomic mass is 10.1. The van der Waals surface area contributed by atoms with Crippen LogP contribution in [0.15, 0.2) is 24.3 Å². The molecule has 0 fully saturated rings. The van der Waals surface area contributed by atoms with Gasteiger partial charge in [0.1, 0.15) is 5.75 Å². The van der Waals surface area contributed by atoms with E-state index in [9.17, 15) is 4.79 Å². The average Bonchev–Trinajstić information content (AvgIpc) is 2.62. The van der Waals surface area contributed by atoms with Crippen LogP contribution in [-0.2, 0) is 6.42 Å². The Balaban J connectivity index is 2.49. The molecule has 0 aliphatic carbocycles. The fourth-order valence-electron chi connectivity index (χ4n) is 2.44. The van der Waals surface area contributed by atoms with Gasteiger partial charge in [-0.05, 0) is 44.5 Å². The number of amides is 1. The number of ether oxygens (including phenoxy) is 1. The minimum atomic E-state index is -0.299. The fourth-order valence-corrected chi connectivity index (χ4v) is 2.44. The molecule has 0 N–H and O–H groups in total. The molecule has 1 rings (SSSR count). The number of unbranched alkanes of at least 4 members (excludes halogenated alkanes) is 3. The molecule has 4 nitrogen and oxygen atoms in total. The normalized spacial score (nSPS) is 11.8. The minimum absolute atomic E-state index is 0.113. The van der Waals surface area contributed by atoms with Crippen LogP contribution in [0.3, 0.4) is 0 Å². The van der Waals surface area contributed by atoms with E-state index in [1.54, 1.807) is 11.9 Å². The molecule has 0 aromatic heterocycles. The van der Waals surface area contributed by atoms with Crippen molar-refractivity contribution in [1.82, 2.24) is 9.80 Å². The van der Waals surface area contributed by atoms with Crippen LogP contribution in [0.1, 0.15) is 45.1 Å². The molecule has 4 heteroatoms. The first-order chi connectivity index (χ1) is 12.0. The van der Waals surface area contributed by atoms with Gasteiger partial charge in [-0.3, -0.25) is 4.90 Å². The van der Waals surface area contributed by atoms with E-state index in [1.807, 2.05) is 38.2 Å². The quantitative estimate of drug-likeness (QED) is 0.471. The summed E-state index contributed by atoms with van der Waals surface area (Å²) in [5.74, 6) is 3.32. The van der Waals surface area contributed by atoms with Gasteiger partial charge in [0.05, 0.1) is 6.04 Å². The van der Waals surface area contributed by atoms with Crippen molar-refractivity contribution in [3.63, 3.8) is 0 Å². The van der Waals surface area contributed by atoms with Gasteiger partial charge in [0.2, 0.25) is 0 Å². The lowest BCUT2D eigenvalue weighted by Gasteiger charge is -2.20. The molecular weight excluding hydrogens is 312 g/mol. The van der Waals surface area contributed by atoms with Crippen LogP contribution in [0, 0.1) is 12.3 Å². The Morgan fingerprint density at radius 1 is 1.24 bits per heavy atom. The Morgan fingerprint density at radius 2 is 2.00 bits per heavy atom. The average molecular weight is 344 g/mol. The van der Waals surface area contributed by atoms with Crippen LogP contribution in [0.25, 0.3) is 0 Å². The molecule has 1 atom stereocenters. The van der Waals surface area contributed by atoms with Gasteiger partial charge in [0.15, 0.2) is 0 Å². The number of rotatable bonds is 10. The van der Waals surface area contributed by atoms with Gasteiger partial charge in [0, 0.05) is 20.1 Å². The number of carbonyl (C=O) groups excluding carboxylic acids is 1. The van der Waals surface area contributed by atoms with Crippen molar-refractivity contribution in [2.45, 2.75) is 52.0 Å². The van der Waals surface area contributed by atoms with Gasteiger partial charge < -0.3 is 9.64 Å². The molecule has 1 aromatic rings. The van der Waals surface area contributed by atoms with Crippen molar-refractivity contribution >= 4 is 6.09 Å². The molecule has 0 saturated carbocycles. The maximum atomic E-state index is 12.2. The van der Waals surface area contributed by atoms with E-state index >= 15 is 0 Å². The Kier molecular flexibility index (Phi) is 9.72. The molecule has 0 aliphatic rings. The Hall–Kier alpha value is -1.99. The summed E-state index contributed by atoms with van der Waals surface area (Å²) in [5, 5.41) is 0. The number of nitrogens with zero attached hydrogens (tertiary/aromatic N) is 2. The van der Waals surface area contributed by atoms with Crippen LogP contribution in [-0.4, -0.2) is 49.1 Å². The first-order valence-corrected chi connectivity index (χ1v) is 9.16. The molecule has 0 aliphatic heterocycles. The van der Waals surface area contributed by atoms with Crippen molar-refractivity contribution in [2.24, 2.45) is 0 Å². The first kappa shape index (κ1) is 21.1. The first-order valence-electron chi connectivity index (χ1n) is 9.16. The van der Waals surface area contributed by atoms with Crippen molar-refractivity contribution in [2.75, 3.05) is 27.2 Å². The summed E-state index contributed by atoms with van der Waals surface area (Å²) in [5.41, 5.74) is 1.13. The Morgan fingerprint density at radius 3 is 2.68 bits per heavy atom. The molecule has 0 radical (unpaired) electrons. The standard InChI is InChI=1S/C21H32N2O2/c1-6-8-9-10-15-23(5)21(24)25-20-13-11-12-19(17-20)14-16-22(4)18(3)7-2/h2,11-13,17-18H,6,8-10,14-16H2,1,3-5H3. The van der Waals surface area contributed by atoms with Gasteiger partial charge >= 0.3 is 6.09 Å². The van der Waals surface area contributed by atoms with Crippen molar-refractivity contribution < 1.29 is 9.53 Å². The molecule has 0 bridgehead atoms. The second-order valence-corrected chi connectivity index (χ2v) is 6.57. The highest BCUT2D eigenvalue weighted by molar-refractivity contribution is 5.70. The molecule has 1 unspecified atom stereocenters. The SMILES string of the molecule is C#CC(C)N(C)CCc1cccc(OC(=O)N(C)CCCCCC)c1. The summed E-state index contributed by atoms with van der Waals surface area (Å²) < 4.78 is 5.49. The van der Waals surface area contributed by atoms with Crippen LogP contribution in [0.5, 0.6) is 5.75 Å². The Bertz CT molecular complexity index is 565. The monoisotopic (exact) mass is 344 g/mol. The summed E-state index contributed by atoms with van der Waals surface area (Å²) in [7, 11) is 3.80. The van der Waals surface area contributed by atoms with Gasteiger partial charge in [-0.25, -0.2) is 4.79 Å². The molecule has 0 saturated heterocycles. The van der Waals surface area contributed by atoms with E-state index in [0.29, 0.717) is 5.75 Å². The van der Waals surface area contributed by atoms with E-state index in [-0.39, 0.29) is 12.1 Å². The van der Waals surface area contributed by atoms with Gasteiger partial charge in [-0.2, -0.15) is 0 Å². The molecule has 1 aromatic carbocycles. The second-order valence-electron chi connectivity index (χ2n) is 6.57. The summed E-state index contributed by atoms with van der Waals surface area (Å²) >= 11 is 0. The van der Waals surface area contributed by atoms with Gasteiger partial charge in [0.25, 0.3) is 0 Å². The van der Waals surface area contributed by atoms with Crippen molar-refractivity contribution in [1.29, 1.82) is 0 Å². The predicted octanol–water partition coefficient (Wildman–Crippen LogP) is 4.19. The third kappa shape index (κ3) is 8.09. The summed E-state index contributed by atoms with van der Waals surface area (Å²) in [6.07, 6.45) is 10.6. The van der Waals surface area contributed by atoms with Crippen LogP contribution in [0.4, 0.5) is 4.79 Å². The number of hydrogen-bond acceptors (Lipinski definition) is 3. The molecule has 25 heavy (non-hydrogen) atoms. The van der Waals surface area contributed by atoms with E-state index in [0.717, 1.165) is 37.9 Å². The van der Waals surface area contributed by atoms with Gasteiger partial charge in [-0.1, -0.05) is 44.2 Å². The van der Waals surface area contributed by atoms with Crippen LogP contribution in [0.2, 0.25) is 0 Å². The number of benzene rings is 1. The molecule has 138 valence electrons. The largest absolute Gasteiger partial charge is 0.414 e. The zero-order valence-electron chi connectivity index (χ0n) is 16.1. The minimum Gasteiger partial charge on any atom is -0.410 e. The lowest BCUT2D eigenvalue weighted by molar-refractivity contribution is 0.162. The van der Waals surface area contributed by atoms with Crippen molar-refractivity contribution in [3.05, 3.63) is 29.8 Å². The maximum absolute atomic E-state index is 12.2. The Labute approximate surface area is 153 Å². The van der Waals surface area contributed by atoms with Crippen LogP contribution >= 0.6 is 0 Å². The zero-order chi connectivity index (χ0) is 18.7. The second kappa shape index (κ2) is 11.5. The summed E-state index contributed by atoms with van der Waals surface area (Å²) in [6.45, 7) is 5.78. The predicted molar refractivity (Wildman–Crippen MR) is 104 cm³/mol. The highest BCUT2D eigenvalue weighted by Gasteiger charge is 2.11. The fraction of sp³-hybridized carbons (Fsp3) is 0.571. The van der Waals surface area contributed by atoms with Gasteiger partial charge in [-0.15, -0.1) is 6.42 Å². The van der Waals surface area contributed by atoms with E-state index in [2.05, 4.69) is 17.7 Å². The summed E-state index contributed by atoms with van der Waals surface area (Å²) in [4.78, 5) is 15.9. The number of terminal acetylenes is 1. The molecule has 0 spiro atoms. The lowest BCUT2D eigenvalue weighted by Crippen LogP contribution is -2.30. The molecule has 0 heterocycles. The van der Waals surface area contributed by atoms with E-state index < -0.39 is 0 Å². The smallest absolute Gasteiger partial charge is 0.410 e. The van der Waals surface area contributed by atoms with Crippen molar-refractivity contribution in [3.8, 4) is 18.1 Å². The van der Waals surface area contributed by atoms with E-state index in [4.69, 9.17) is 11.2 Å². The third-order valence-corrected chi connectivity index (χ3v) is 4.42. The maximum Gasteiger partial charge on any atom is 0.414 e. The zero-order valence-corrected chi connectivity index (χ0v) is 16.1. The number of likely N-dealkylation sites (N-methyl/N-ethyl adjacent to an activating group) is 1. The molecule has 1 amide bonds. The number of hydrogen-bond donors (Lipinski definition) is 0. The third-order valence-electron chi connectivity index (χ3n) is 4.42. The topological polar surface area (TPSA) is 32.8 Å².